The Morgan fingerprint density at radius 1 is 0.757 bits per heavy atom. The maximum Gasteiger partial charge on any atom is 0.339 e. The molecule has 5 nitrogen and oxygen atoms in total. The molecule has 0 radical (unpaired) electrons. The Balaban J connectivity index is 1.33. The van der Waals surface area contributed by atoms with E-state index in [1.54, 1.807) is 24.3 Å². The van der Waals surface area contributed by atoms with Gasteiger partial charge in [0.2, 0.25) is 0 Å². The van der Waals surface area contributed by atoms with Gasteiger partial charge < -0.3 is 10.1 Å². The van der Waals surface area contributed by atoms with Gasteiger partial charge in [-0.15, -0.1) is 0 Å². The number of fused-ring (bicyclic) bond motifs is 1. The Morgan fingerprint density at radius 3 is 2.16 bits per heavy atom. The Kier molecular flexibility index (Phi) is 6.99. The summed E-state index contributed by atoms with van der Waals surface area (Å²) in [6.07, 6.45) is 0. The lowest BCUT2D eigenvalue weighted by Crippen LogP contribution is -2.28. The summed E-state index contributed by atoms with van der Waals surface area (Å²) in [6, 6.07) is 32.9. The number of aromatic nitrogens is 1. The highest BCUT2D eigenvalue weighted by molar-refractivity contribution is 6.05. The molecular weight excluding hydrogens is 467 g/mol. The number of para-hydroxylation sites is 1. The lowest BCUT2D eigenvalue weighted by atomic mass is 10.0. The van der Waals surface area contributed by atoms with Crippen LogP contribution < -0.4 is 5.32 Å². The molecule has 0 aliphatic heterocycles. The van der Waals surface area contributed by atoms with Crippen LogP contribution in [0.5, 0.6) is 0 Å². The fourth-order valence-corrected chi connectivity index (χ4v) is 4.02. The number of benzene rings is 4. The molecule has 1 aromatic heterocycles. The number of carbonyl (C=O) groups is 2. The summed E-state index contributed by atoms with van der Waals surface area (Å²) in [5, 5.41) is 3.31. The van der Waals surface area contributed by atoms with Crippen molar-refractivity contribution in [3.05, 3.63) is 126 Å². The molecule has 37 heavy (non-hydrogen) atoms. The quantitative estimate of drug-likeness (QED) is 0.277. The zero-order valence-electron chi connectivity index (χ0n) is 19.9. The smallest absolute Gasteiger partial charge is 0.339 e. The highest BCUT2D eigenvalue weighted by Crippen LogP contribution is 2.28. The molecular formula is C31H23FN2O3. The molecule has 4 aromatic carbocycles. The number of nitrogens with zero attached hydrogens (tertiary/aromatic N) is 1. The highest BCUT2D eigenvalue weighted by Gasteiger charge is 2.17. The van der Waals surface area contributed by atoms with E-state index in [0.717, 1.165) is 22.3 Å². The van der Waals surface area contributed by atoms with Crippen LogP contribution in [-0.4, -0.2) is 23.5 Å². The summed E-state index contributed by atoms with van der Waals surface area (Å²) in [6.45, 7) is -0.226. The summed E-state index contributed by atoms with van der Waals surface area (Å²) >= 11 is 0. The SMILES string of the molecule is O=C(COC(=O)c1cc(-c2ccc(-c3ccccc3)cc2)nc2ccccc12)NCc1ccc(F)cc1. The molecule has 0 fully saturated rings. The topological polar surface area (TPSA) is 68.3 Å². The van der Waals surface area contributed by atoms with E-state index in [0.29, 0.717) is 22.2 Å². The van der Waals surface area contributed by atoms with Gasteiger partial charge in [-0.2, -0.15) is 0 Å². The molecule has 5 aromatic rings. The van der Waals surface area contributed by atoms with Gasteiger partial charge in [0.05, 0.1) is 16.8 Å². The van der Waals surface area contributed by atoms with Gasteiger partial charge in [0.1, 0.15) is 5.82 Å². The number of pyridine rings is 1. The van der Waals surface area contributed by atoms with Crippen LogP contribution in [0, 0.1) is 5.82 Å². The minimum absolute atomic E-state index is 0.206. The van der Waals surface area contributed by atoms with Crippen molar-refractivity contribution in [1.29, 1.82) is 0 Å². The first-order valence-electron chi connectivity index (χ1n) is 11.8. The first kappa shape index (κ1) is 23.9. The number of hydrogen-bond acceptors (Lipinski definition) is 4. The van der Waals surface area contributed by atoms with Crippen molar-refractivity contribution in [3.8, 4) is 22.4 Å². The Labute approximate surface area is 213 Å². The normalized spacial score (nSPS) is 10.7. The maximum absolute atomic E-state index is 13.0. The Bertz CT molecular complexity index is 1550. The van der Waals surface area contributed by atoms with E-state index in [1.807, 2.05) is 72.8 Å². The maximum atomic E-state index is 13.0. The molecule has 0 atom stereocenters. The molecule has 0 saturated heterocycles. The lowest BCUT2D eigenvalue weighted by molar-refractivity contribution is -0.124. The number of esters is 1. The first-order valence-corrected chi connectivity index (χ1v) is 11.8. The average Bonchev–Trinajstić information content (AvgIpc) is 2.95. The van der Waals surface area contributed by atoms with E-state index in [2.05, 4.69) is 5.32 Å². The van der Waals surface area contributed by atoms with Crippen LogP contribution in [0.2, 0.25) is 0 Å². The molecule has 1 heterocycles. The van der Waals surface area contributed by atoms with Crippen LogP contribution in [0.4, 0.5) is 4.39 Å². The van der Waals surface area contributed by atoms with E-state index >= 15 is 0 Å². The van der Waals surface area contributed by atoms with E-state index < -0.39 is 18.5 Å². The van der Waals surface area contributed by atoms with Crippen LogP contribution in [0.15, 0.2) is 109 Å². The molecule has 1 amide bonds. The molecule has 0 saturated carbocycles. The predicted octanol–water partition coefficient (Wildman–Crippen LogP) is 6.18. The molecule has 0 bridgehead atoms. The van der Waals surface area contributed by atoms with Crippen LogP contribution >= 0.6 is 0 Å². The zero-order valence-corrected chi connectivity index (χ0v) is 19.9. The Hall–Kier alpha value is -4.84. The van der Waals surface area contributed by atoms with E-state index in [1.165, 1.54) is 12.1 Å². The largest absolute Gasteiger partial charge is 0.452 e. The third kappa shape index (κ3) is 5.70. The second-order valence-electron chi connectivity index (χ2n) is 8.49. The second kappa shape index (κ2) is 10.8. The number of carbonyl (C=O) groups excluding carboxylic acids is 2. The van der Waals surface area contributed by atoms with Crippen molar-refractivity contribution in [1.82, 2.24) is 10.3 Å². The number of halogens is 1. The van der Waals surface area contributed by atoms with Crippen molar-refractivity contribution < 1.29 is 18.7 Å². The number of rotatable bonds is 7. The van der Waals surface area contributed by atoms with Crippen molar-refractivity contribution in [2.45, 2.75) is 6.54 Å². The van der Waals surface area contributed by atoms with Gasteiger partial charge in [-0.05, 0) is 41.0 Å². The summed E-state index contributed by atoms with van der Waals surface area (Å²) < 4.78 is 18.4. The van der Waals surface area contributed by atoms with E-state index in [-0.39, 0.29) is 12.4 Å². The predicted molar refractivity (Wildman–Crippen MR) is 141 cm³/mol. The molecule has 0 aliphatic carbocycles. The molecule has 6 heteroatoms. The Morgan fingerprint density at radius 2 is 1.41 bits per heavy atom. The van der Waals surface area contributed by atoms with Gasteiger partial charge in [-0.25, -0.2) is 14.2 Å². The van der Waals surface area contributed by atoms with Crippen molar-refractivity contribution in [2.75, 3.05) is 6.61 Å². The minimum Gasteiger partial charge on any atom is -0.452 e. The van der Waals surface area contributed by atoms with Gasteiger partial charge in [-0.1, -0.05) is 84.9 Å². The van der Waals surface area contributed by atoms with E-state index in [9.17, 15) is 14.0 Å². The van der Waals surface area contributed by atoms with Crippen molar-refractivity contribution in [2.24, 2.45) is 0 Å². The standard InChI is InChI=1S/C31H23FN2O3/c32-25-16-10-21(11-17-25)19-33-30(35)20-37-31(36)27-18-29(34-28-9-5-4-8-26(27)28)24-14-12-23(13-15-24)22-6-2-1-3-7-22/h1-18H,19-20H2,(H,33,35). The number of ether oxygens (including phenoxy) is 1. The van der Waals surface area contributed by atoms with E-state index in [4.69, 9.17) is 9.72 Å². The van der Waals surface area contributed by atoms with Crippen LogP contribution in [-0.2, 0) is 16.1 Å². The van der Waals surface area contributed by atoms with Crippen molar-refractivity contribution in [3.63, 3.8) is 0 Å². The third-order valence-electron chi connectivity index (χ3n) is 5.96. The summed E-state index contributed by atoms with van der Waals surface area (Å²) in [5.74, 6) is -1.41. The molecule has 0 aliphatic rings. The highest BCUT2D eigenvalue weighted by atomic mass is 19.1. The molecule has 182 valence electrons. The fourth-order valence-electron chi connectivity index (χ4n) is 4.02. The van der Waals surface area contributed by atoms with Crippen molar-refractivity contribution >= 4 is 22.8 Å². The molecule has 5 rings (SSSR count). The molecule has 1 N–H and O–H groups in total. The monoisotopic (exact) mass is 490 g/mol. The third-order valence-corrected chi connectivity index (χ3v) is 5.96. The number of amides is 1. The lowest BCUT2D eigenvalue weighted by Gasteiger charge is -2.11. The second-order valence-corrected chi connectivity index (χ2v) is 8.49. The fraction of sp³-hybridized carbons (Fsp3) is 0.0645. The van der Waals surface area contributed by atoms with Gasteiger partial charge in [-0.3, -0.25) is 4.79 Å². The zero-order chi connectivity index (χ0) is 25.6. The van der Waals surface area contributed by atoms with Crippen LogP contribution in [0.25, 0.3) is 33.3 Å². The minimum atomic E-state index is -0.613. The van der Waals surface area contributed by atoms with Gasteiger partial charge >= 0.3 is 5.97 Å². The summed E-state index contributed by atoms with van der Waals surface area (Å²) in [4.78, 5) is 30.0. The number of nitrogens with one attached hydrogen (secondary N) is 1. The van der Waals surface area contributed by atoms with Crippen LogP contribution in [0.3, 0.4) is 0 Å². The summed E-state index contributed by atoms with van der Waals surface area (Å²) in [5.41, 5.74) is 5.41. The number of hydrogen-bond donors (Lipinski definition) is 1. The first-order chi connectivity index (χ1) is 18.1. The van der Waals surface area contributed by atoms with Crippen LogP contribution in [0.1, 0.15) is 15.9 Å². The summed E-state index contributed by atoms with van der Waals surface area (Å²) in [7, 11) is 0. The average molecular weight is 491 g/mol. The van der Waals surface area contributed by atoms with Gasteiger partial charge in [0, 0.05) is 17.5 Å². The van der Waals surface area contributed by atoms with Gasteiger partial charge in [0.25, 0.3) is 5.91 Å². The molecule has 0 unspecified atom stereocenters. The molecule has 0 spiro atoms. The van der Waals surface area contributed by atoms with Gasteiger partial charge in [0.15, 0.2) is 6.61 Å².